The zero-order valence-corrected chi connectivity index (χ0v) is 8.93. The summed E-state index contributed by atoms with van der Waals surface area (Å²) in [7, 11) is 0. The first-order chi connectivity index (χ1) is 6.87. The van der Waals surface area contributed by atoms with E-state index in [-0.39, 0.29) is 0 Å². The van der Waals surface area contributed by atoms with Crippen molar-refractivity contribution >= 4 is 11.8 Å². The molecule has 4 heteroatoms. The molecule has 0 aromatic heterocycles. The van der Waals surface area contributed by atoms with Crippen LogP contribution in [0.4, 0.5) is 14.9 Å². The maximum absolute atomic E-state index is 12.7. The van der Waals surface area contributed by atoms with Gasteiger partial charge in [0.15, 0.2) is 0 Å². The molecule has 0 saturated carbocycles. The van der Waals surface area contributed by atoms with Crippen molar-refractivity contribution in [2.75, 3.05) is 5.32 Å². The molecule has 0 spiro atoms. The third-order valence-electron chi connectivity index (χ3n) is 1.40. The van der Waals surface area contributed by atoms with Gasteiger partial charge in [0.1, 0.15) is 11.4 Å². The van der Waals surface area contributed by atoms with Crippen molar-refractivity contribution in [3.63, 3.8) is 0 Å². The number of hydrogen-bond donors (Lipinski definition) is 1. The molecule has 3 nitrogen and oxygen atoms in total. The molecule has 0 unspecified atom stereocenters. The molecule has 0 fully saturated rings. The topological polar surface area (TPSA) is 38.3 Å². The molecular formula is C11H13FNO2. The number of benzene rings is 1. The van der Waals surface area contributed by atoms with Crippen LogP contribution in [0.15, 0.2) is 18.2 Å². The van der Waals surface area contributed by atoms with Crippen LogP contribution in [0.3, 0.4) is 0 Å². The van der Waals surface area contributed by atoms with Crippen LogP contribution in [-0.2, 0) is 4.74 Å². The van der Waals surface area contributed by atoms with Crippen LogP contribution >= 0.6 is 0 Å². The summed E-state index contributed by atoms with van der Waals surface area (Å²) in [5, 5.41) is 2.41. The van der Waals surface area contributed by atoms with E-state index in [9.17, 15) is 9.18 Å². The number of anilines is 1. The number of hydrogen-bond acceptors (Lipinski definition) is 2. The van der Waals surface area contributed by atoms with E-state index in [2.05, 4.69) is 11.4 Å². The Labute approximate surface area is 88.2 Å². The summed E-state index contributed by atoms with van der Waals surface area (Å²) >= 11 is 0. The van der Waals surface area contributed by atoms with Crippen molar-refractivity contribution in [1.29, 1.82) is 0 Å². The molecule has 81 valence electrons. The van der Waals surface area contributed by atoms with E-state index >= 15 is 0 Å². The van der Waals surface area contributed by atoms with Gasteiger partial charge >= 0.3 is 6.09 Å². The highest BCUT2D eigenvalue weighted by atomic mass is 19.1. The summed E-state index contributed by atoms with van der Waals surface area (Å²) < 4.78 is 17.7. The molecule has 1 N–H and O–H groups in total. The van der Waals surface area contributed by atoms with Crippen molar-refractivity contribution in [2.24, 2.45) is 0 Å². The standard InChI is InChI=1S/C11H13FNO2/c1-11(2,3)15-10(14)13-9-6-4-5-8(12)7-9/h5-7H,1-3H3,(H,13,14). The number of amides is 1. The smallest absolute Gasteiger partial charge is 0.412 e. The zero-order chi connectivity index (χ0) is 11.5. The van der Waals surface area contributed by atoms with Crippen molar-refractivity contribution < 1.29 is 13.9 Å². The summed E-state index contributed by atoms with van der Waals surface area (Å²) in [6.45, 7) is 5.26. The van der Waals surface area contributed by atoms with Crippen molar-refractivity contribution in [3.8, 4) is 0 Å². The van der Waals surface area contributed by atoms with Crippen molar-refractivity contribution in [2.45, 2.75) is 26.4 Å². The Morgan fingerprint density at radius 3 is 2.67 bits per heavy atom. The van der Waals surface area contributed by atoms with E-state index in [1.54, 1.807) is 20.8 Å². The third kappa shape index (κ3) is 4.44. The number of carbonyl (C=O) groups excluding carboxylic acids is 1. The number of halogens is 1. The quantitative estimate of drug-likeness (QED) is 0.773. The predicted molar refractivity (Wildman–Crippen MR) is 55.1 cm³/mol. The van der Waals surface area contributed by atoms with Crippen molar-refractivity contribution in [3.05, 3.63) is 30.1 Å². The second kappa shape index (κ2) is 4.29. The van der Waals surface area contributed by atoms with Gasteiger partial charge in [0.25, 0.3) is 0 Å². The van der Waals surface area contributed by atoms with Gasteiger partial charge in [-0.2, -0.15) is 0 Å². The Kier molecular flexibility index (Phi) is 3.29. The van der Waals surface area contributed by atoms with Gasteiger partial charge < -0.3 is 4.74 Å². The minimum atomic E-state index is -0.610. The van der Waals surface area contributed by atoms with Crippen LogP contribution in [0.2, 0.25) is 0 Å². The molecule has 1 radical (unpaired) electrons. The van der Waals surface area contributed by atoms with Gasteiger partial charge in [0, 0.05) is 5.69 Å². The first-order valence-electron chi connectivity index (χ1n) is 4.53. The molecule has 1 rings (SSSR count). The Balaban J connectivity index is 2.59. The van der Waals surface area contributed by atoms with Crippen LogP contribution in [-0.4, -0.2) is 11.7 Å². The number of nitrogens with one attached hydrogen (secondary N) is 1. The average Bonchev–Trinajstić information content (AvgIpc) is 1.99. The molecule has 0 aliphatic rings. The van der Waals surface area contributed by atoms with E-state index in [0.29, 0.717) is 5.69 Å². The molecule has 0 heterocycles. The lowest BCUT2D eigenvalue weighted by molar-refractivity contribution is 0.0636. The van der Waals surface area contributed by atoms with Crippen LogP contribution in [0.25, 0.3) is 0 Å². The monoisotopic (exact) mass is 210 g/mol. The highest BCUT2D eigenvalue weighted by Gasteiger charge is 2.16. The lowest BCUT2D eigenvalue weighted by Crippen LogP contribution is -2.27. The molecule has 1 aromatic rings. The molecule has 1 aromatic carbocycles. The fraction of sp³-hybridized carbons (Fsp3) is 0.364. The van der Waals surface area contributed by atoms with Crippen LogP contribution in [0.1, 0.15) is 20.8 Å². The largest absolute Gasteiger partial charge is 0.444 e. The van der Waals surface area contributed by atoms with E-state index in [1.165, 1.54) is 18.2 Å². The maximum atomic E-state index is 12.7. The molecule has 0 aliphatic heterocycles. The van der Waals surface area contributed by atoms with Gasteiger partial charge in [-0.05, 0) is 45.0 Å². The lowest BCUT2D eigenvalue weighted by Gasteiger charge is -2.19. The van der Waals surface area contributed by atoms with Crippen LogP contribution in [0, 0.1) is 11.9 Å². The van der Waals surface area contributed by atoms with E-state index in [1.807, 2.05) is 0 Å². The number of rotatable bonds is 1. The van der Waals surface area contributed by atoms with Gasteiger partial charge in [-0.3, -0.25) is 5.32 Å². The fourth-order valence-corrected chi connectivity index (χ4v) is 0.937. The zero-order valence-electron chi connectivity index (χ0n) is 8.93. The van der Waals surface area contributed by atoms with E-state index in [4.69, 9.17) is 4.74 Å². The molecule has 0 atom stereocenters. The molecule has 0 bridgehead atoms. The lowest BCUT2D eigenvalue weighted by atomic mass is 10.2. The van der Waals surface area contributed by atoms with E-state index < -0.39 is 17.5 Å². The molecular weight excluding hydrogens is 197 g/mol. The minimum Gasteiger partial charge on any atom is -0.444 e. The summed E-state index contributed by atoms with van der Waals surface area (Å²) in [5.74, 6) is -0.455. The van der Waals surface area contributed by atoms with Crippen molar-refractivity contribution in [1.82, 2.24) is 0 Å². The first kappa shape index (κ1) is 11.5. The second-order valence-corrected chi connectivity index (χ2v) is 4.07. The van der Waals surface area contributed by atoms with Crippen LogP contribution in [0.5, 0.6) is 0 Å². The number of carbonyl (C=O) groups is 1. The molecule has 15 heavy (non-hydrogen) atoms. The Bertz CT molecular complexity index is 358. The van der Waals surface area contributed by atoms with Gasteiger partial charge in [-0.15, -0.1) is 0 Å². The SMILES string of the molecule is CC(C)(C)OC(=O)Nc1c[c]cc(F)c1. The Hall–Kier alpha value is -1.58. The summed E-state index contributed by atoms with van der Waals surface area (Å²) in [6.07, 6.45) is -0.610. The number of ether oxygens (including phenoxy) is 1. The fourth-order valence-electron chi connectivity index (χ4n) is 0.937. The highest BCUT2D eigenvalue weighted by Crippen LogP contribution is 2.12. The Morgan fingerprint density at radius 2 is 2.13 bits per heavy atom. The van der Waals surface area contributed by atoms with Gasteiger partial charge in [0.2, 0.25) is 0 Å². The predicted octanol–water partition coefficient (Wildman–Crippen LogP) is 2.97. The normalized spacial score (nSPS) is 10.9. The third-order valence-corrected chi connectivity index (χ3v) is 1.40. The highest BCUT2D eigenvalue weighted by molar-refractivity contribution is 5.84. The second-order valence-electron chi connectivity index (χ2n) is 4.07. The summed E-state index contributed by atoms with van der Waals surface area (Å²) in [4.78, 5) is 11.3. The Morgan fingerprint density at radius 1 is 1.47 bits per heavy atom. The van der Waals surface area contributed by atoms with E-state index in [0.717, 1.165) is 0 Å². The maximum Gasteiger partial charge on any atom is 0.412 e. The van der Waals surface area contributed by atoms with Gasteiger partial charge in [0.05, 0.1) is 0 Å². The van der Waals surface area contributed by atoms with Gasteiger partial charge in [-0.25, -0.2) is 9.18 Å². The first-order valence-corrected chi connectivity index (χ1v) is 4.53. The molecule has 0 aliphatic carbocycles. The summed E-state index contributed by atoms with van der Waals surface area (Å²) in [6, 6.07) is 6.39. The summed E-state index contributed by atoms with van der Waals surface area (Å²) in [5.41, 5.74) is -0.245. The minimum absolute atomic E-state index is 0.323. The van der Waals surface area contributed by atoms with Gasteiger partial charge in [-0.1, -0.05) is 0 Å². The molecule has 0 saturated heterocycles. The average molecular weight is 210 g/mol. The van der Waals surface area contributed by atoms with Crippen LogP contribution < -0.4 is 5.32 Å². The molecule has 1 amide bonds.